The molecule has 4 aliphatic rings. The standard InChI is InChI=1S/C35H47N3O6/c1-4-42-33(41)37-24-6-8-26-22(19-32(40)44-30(26)21-24)13-16-36-17-18-43-38-31-10-9-28-27-7-5-23-20-25(39)11-14-34(23,2)29(27)12-15-35(28,31)3/h6,8,19,21,23,27-29,36H,4-5,7,9-18,20H2,1-3H3,(H,37,41)/b38-31-/t23-,27-,28-,29-,34-,35-/m0/s1. The predicted octanol–water partition coefficient (Wildman–Crippen LogP) is 6.48. The monoisotopic (exact) mass is 605 g/mol. The van der Waals surface area contributed by atoms with Crippen molar-refractivity contribution in [1.29, 1.82) is 0 Å². The molecular formula is C35H47N3O6. The molecule has 4 aliphatic carbocycles. The molecule has 0 bridgehead atoms. The van der Waals surface area contributed by atoms with Crippen molar-refractivity contribution in [2.24, 2.45) is 39.7 Å². The van der Waals surface area contributed by atoms with Crippen LogP contribution in [-0.2, 0) is 20.8 Å². The van der Waals surface area contributed by atoms with Gasteiger partial charge in [-0.05, 0) is 112 Å². The molecule has 1 heterocycles. The minimum atomic E-state index is -0.549. The first-order chi connectivity index (χ1) is 21.2. The molecule has 0 saturated heterocycles. The Kier molecular flexibility index (Phi) is 8.86. The SMILES string of the molecule is CCOC(=O)Nc1ccc2c(CCNCCO/N=C3/CC[C@H]4[C@@H]5CC[C@H]6CC(=O)CC[C@]6(C)[C@H]5CC[C@]34C)cc(=O)oc2c1. The molecule has 0 aliphatic heterocycles. The Morgan fingerprint density at radius 2 is 1.91 bits per heavy atom. The number of Topliss-reactive ketones (excluding diaryl/α,β-unsaturated/α-hetero) is 1. The molecule has 6 rings (SSSR count). The molecule has 6 atom stereocenters. The van der Waals surface area contributed by atoms with Crippen molar-refractivity contribution in [2.45, 2.75) is 85.0 Å². The van der Waals surface area contributed by atoms with Crippen LogP contribution >= 0.6 is 0 Å². The molecule has 1 aromatic carbocycles. The van der Waals surface area contributed by atoms with Gasteiger partial charge < -0.3 is 19.3 Å². The molecule has 1 amide bonds. The molecule has 238 valence electrons. The van der Waals surface area contributed by atoms with Gasteiger partial charge in [0.15, 0.2) is 0 Å². The van der Waals surface area contributed by atoms with Crippen LogP contribution in [0.2, 0.25) is 0 Å². The Bertz CT molecular complexity index is 1480. The highest BCUT2D eigenvalue weighted by molar-refractivity contribution is 5.92. The van der Waals surface area contributed by atoms with Gasteiger partial charge in [-0.15, -0.1) is 0 Å². The van der Waals surface area contributed by atoms with Crippen molar-refractivity contribution >= 4 is 34.2 Å². The lowest BCUT2D eigenvalue weighted by molar-refractivity contribution is -0.136. The molecule has 4 saturated carbocycles. The van der Waals surface area contributed by atoms with Crippen LogP contribution in [-0.4, -0.2) is 43.9 Å². The van der Waals surface area contributed by atoms with E-state index in [0.29, 0.717) is 60.4 Å². The van der Waals surface area contributed by atoms with E-state index in [1.54, 1.807) is 19.1 Å². The summed E-state index contributed by atoms with van der Waals surface area (Å²) >= 11 is 0. The summed E-state index contributed by atoms with van der Waals surface area (Å²) in [6.07, 6.45) is 9.90. The van der Waals surface area contributed by atoms with Gasteiger partial charge in [0, 0.05) is 48.0 Å². The smallest absolute Gasteiger partial charge is 0.411 e. The molecule has 2 aromatic rings. The normalized spacial score (nSPS) is 32.2. The summed E-state index contributed by atoms with van der Waals surface area (Å²) in [4.78, 5) is 42.0. The van der Waals surface area contributed by atoms with E-state index in [-0.39, 0.29) is 12.0 Å². The number of hydrogen-bond acceptors (Lipinski definition) is 8. The van der Waals surface area contributed by atoms with Gasteiger partial charge >= 0.3 is 11.7 Å². The minimum absolute atomic E-state index is 0.128. The second kappa shape index (κ2) is 12.7. The molecule has 1 aromatic heterocycles. The molecule has 4 fully saturated rings. The fourth-order valence-corrected chi connectivity index (χ4v) is 9.37. The largest absolute Gasteiger partial charge is 0.450 e. The Balaban J connectivity index is 0.988. The molecule has 9 nitrogen and oxygen atoms in total. The zero-order chi connectivity index (χ0) is 30.9. The van der Waals surface area contributed by atoms with Gasteiger partial charge in [0.2, 0.25) is 0 Å². The molecule has 0 radical (unpaired) electrons. The van der Waals surface area contributed by atoms with Gasteiger partial charge in [-0.2, -0.15) is 0 Å². The number of rotatable bonds is 9. The second-order valence-corrected chi connectivity index (χ2v) is 13.9. The third-order valence-electron chi connectivity index (χ3n) is 11.7. The third kappa shape index (κ3) is 5.92. The highest BCUT2D eigenvalue weighted by Gasteiger charge is 2.59. The van der Waals surface area contributed by atoms with E-state index in [9.17, 15) is 14.4 Å². The Morgan fingerprint density at radius 1 is 1.05 bits per heavy atom. The molecule has 44 heavy (non-hydrogen) atoms. The van der Waals surface area contributed by atoms with Crippen LogP contribution in [0, 0.1) is 34.5 Å². The first-order valence-electron chi connectivity index (χ1n) is 16.6. The van der Waals surface area contributed by atoms with E-state index in [1.165, 1.54) is 43.9 Å². The van der Waals surface area contributed by atoms with Crippen molar-refractivity contribution in [3.8, 4) is 0 Å². The minimum Gasteiger partial charge on any atom is -0.450 e. The molecule has 9 heteroatoms. The lowest BCUT2D eigenvalue weighted by Gasteiger charge is -2.59. The Labute approximate surface area is 259 Å². The van der Waals surface area contributed by atoms with Gasteiger partial charge in [-0.25, -0.2) is 9.59 Å². The Hall–Kier alpha value is -3.20. The number of ether oxygens (including phenoxy) is 1. The average Bonchev–Trinajstić information content (AvgIpc) is 3.33. The summed E-state index contributed by atoms with van der Waals surface area (Å²) in [6, 6.07) is 6.78. The van der Waals surface area contributed by atoms with Crippen LogP contribution in [0.1, 0.15) is 84.1 Å². The number of ketones is 1. The first kappa shape index (κ1) is 30.8. The summed E-state index contributed by atoms with van der Waals surface area (Å²) < 4.78 is 10.3. The third-order valence-corrected chi connectivity index (χ3v) is 11.7. The maximum absolute atomic E-state index is 12.2. The van der Waals surface area contributed by atoms with E-state index < -0.39 is 11.7 Å². The first-order valence-corrected chi connectivity index (χ1v) is 16.6. The maximum Gasteiger partial charge on any atom is 0.411 e. The topological polar surface area (TPSA) is 119 Å². The van der Waals surface area contributed by atoms with Crippen molar-refractivity contribution in [1.82, 2.24) is 5.32 Å². The van der Waals surface area contributed by atoms with Gasteiger partial charge in [0.25, 0.3) is 0 Å². The van der Waals surface area contributed by atoms with Crippen LogP contribution in [0.5, 0.6) is 0 Å². The number of nitrogens with one attached hydrogen (secondary N) is 2. The van der Waals surface area contributed by atoms with Crippen molar-refractivity contribution in [3.05, 3.63) is 40.2 Å². The van der Waals surface area contributed by atoms with Gasteiger partial charge in [-0.3, -0.25) is 10.1 Å². The van der Waals surface area contributed by atoms with Crippen molar-refractivity contribution in [3.63, 3.8) is 0 Å². The number of hydrogen-bond donors (Lipinski definition) is 2. The fourth-order valence-electron chi connectivity index (χ4n) is 9.37. The summed E-state index contributed by atoms with van der Waals surface area (Å²) in [5.41, 5.74) is 3.10. The number of anilines is 1. The van der Waals surface area contributed by atoms with Crippen LogP contribution in [0.4, 0.5) is 10.5 Å². The summed E-state index contributed by atoms with van der Waals surface area (Å²) in [7, 11) is 0. The van der Waals surface area contributed by atoms with E-state index in [4.69, 9.17) is 19.1 Å². The number of amides is 1. The van der Waals surface area contributed by atoms with Crippen molar-refractivity contribution < 1.29 is 23.6 Å². The van der Waals surface area contributed by atoms with Crippen LogP contribution in [0.25, 0.3) is 11.0 Å². The lowest BCUT2D eigenvalue weighted by atomic mass is 9.45. The van der Waals surface area contributed by atoms with E-state index in [0.717, 1.165) is 48.5 Å². The number of benzene rings is 1. The number of carbonyl (C=O) groups excluding carboxylic acids is 2. The van der Waals surface area contributed by atoms with Gasteiger partial charge in [0.1, 0.15) is 18.0 Å². The number of fused-ring (bicyclic) bond motifs is 6. The molecule has 0 unspecified atom stereocenters. The molecular weight excluding hydrogens is 558 g/mol. The van der Waals surface area contributed by atoms with E-state index in [1.807, 2.05) is 6.07 Å². The summed E-state index contributed by atoms with van der Waals surface area (Å²) in [5.74, 6) is 3.23. The van der Waals surface area contributed by atoms with E-state index in [2.05, 4.69) is 24.5 Å². The zero-order valence-corrected chi connectivity index (χ0v) is 26.4. The van der Waals surface area contributed by atoms with Gasteiger partial charge in [-0.1, -0.05) is 19.0 Å². The second-order valence-electron chi connectivity index (χ2n) is 13.9. The lowest BCUT2D eigenvalue weighted by Crippen LogP contribution is -2.53. The average molecular weight is 606 g/mol. The number of oxime groups is 1. The predicted molar refractivity (Wildman–Crippen MR) is 170 cm³/mol. The maximum atomic E-state index is 12.2. The van der Waals surface area contributed by atoms with Crippen LogP contribution in [0.3, 0.4) is 0 Å². The Morgan fingerprint density at radius 3 is 2.75 bits per heavy atom. The number of nitrogens with zero attached hydrogens (tertiary/aromatic N) is 1. The summed E-state index contributed by atoms with van der Waals surface area (Å²) in [5, 5.41) is 11.6. The zero-order valence-electron chi connectivity index (χ0n) is 26.4. The van der Waals surface area contributed by atoms with E-state index >= 15 is 0 Å². The molecule has 0 spiro atoms. The number of carbonyl (C=O) groups is 2. The molecule has 2 N–H and O–H groups in total. The quantitative estimate of drug-likeness (QED) is 0.191. The van der Waals surface area contributed by atoms with Crippen LogP contribution in [0.15, 0.2) is 38.6 Å². The summed E-state index contributed by atoms with van der Waals surface area (Å²) in [6.45, 7) is 8.77. The fraction of sp³-hybridized carbons (Fsp3) is 0.657. The van der Waals surface area contributed by atoms with Crippen LogP contribution < -0.4 is 16.3 Å². The highest BCUT2D eigenvalue weighted by Crippen LogP contribution is 2.65. The van der Waals surface area contributed by atoms with Crippen molar-refractivity contribution in [2.75, 3.05) is 31.6 Å². The highest BCUT2D eigenvalue weighted by atomic mass is 16.6. The van der Waals surface area contributed by atoms with Gasteiger partial charge in [0.05, 0.1) is 12.3 Å².